The zero-order valence-corrected chi connectivity index (χ0v) is 14.8. The molecule has 5 nitrogen and oxygen atoms in total. The van der Waals surface area contributed by atoms with Gasteiger partial charge in [0.15, 0.2) is 0 Å². The number of phenols is 1. The van der Waals surface area contributed by atoms with Crippen molar-refractivity contribution in [3.8, 4) is 5.75 Å². The third-order valence-electron chi connectivity index (χ3n) is 4.47. The van der Waals surface area contributed by atoms with Gasteiger partial charge in [-0.2, -0.15) is 0 Å². The van der Waals surface area contributed by atoms with E-state index in [0.29, 0.717) is 49.0 Å². The van der Waals surface area contributed by atoms with Crippen molar-refractivity contribution in [2.45, 2.75) is 37.5 Å². The van der Waals surface area contributed by atoms with Crippen LogP contribution in [0.5, 0.6) is 5.75 Å². The number of rotatable bonds is 7. The van der Waals surface area contributed by atoms with Gasteiger partial charge in [0.2, 0.25) is 10.0 Å². The number of allylic oxidation sites excluding steroid dienone is 2. The molecule has 0 amide bonds. The molecule has 2 rings (SSSR count). The minimum atomic E-state index is -3.51. The highest BCUT2D eigenvalue weighted by Gasteiger charge is 2.42. The van der Waals surface area contributed by atoms with Crippen molar-refractivity contribution in [3.63, 3.8) is 0 Å². The molecule has 0 aliphatic carbocycles. The zero-order chi connectivity index (χ0) is 17.9. The van der Waals surface area contributed by atoms with Crippen LogP contribution in [0.15, 0.2) is 37.4 Å². The Morgan fingerprint density at radius 1 is 1.29 bits per heavy atom. The number of aliphatic hydroxyl groups is 1. The van der Waals surface area contributed by atoms with Crippen molar-refractivity contribution < 1.29 is 18.6 Å². The fraction of sp³-hybridized carbons (Fsp3) is 0.444. The largest absolute Gasteiger partial charge is 0.507 e. The Kier molecular flexibility index (Phi) is 5.85. The van der Waals surface area contributed by atoms with Gasteiger partial charge in [0, 0.05) is 13.1 Å². The van der Waals surface area contributed by atoms with Crippen LogP contribution in [-0.2, 0) is 22.9 Å². The van der Waals surface area contributed by atoms with Crippen LogP contribution in [0.3, 0.4) is 0 Å². The molecule has 0 aromatic heterocycles. The molecule has 2 atom stereocenters. The summed E-state index contributed by atoms with van der Waals surface area (Å²) in [6, 6.07) is 3.33. The van der Waals surface area contributed by atoms with Crippen LogP contribution in [0.2, 0.25) is 0 Å². The number of sulfonamides is 1. The molecule has 1 aliphatic heterocycles. The maximum absolute atomic E-state index is 12.5. The molecule has 2 unspecified atom stereocenters. The highest BCUT2D eigenvalue weighted by Crippen LogP contribution is 2.35. The van der Waals surface area contributed by atoms with E-state index in [9.17, 15) is 18.6 Å². The Balaban J connectivity index is 2.44. The van der Waals surface area contributed by atoms with Crippen LogP contribution in [0, 0.1) is 0 Å². The third kappa shape index (κ3) is 3.41. The van der Waals surface area contributed by atoms with E-state index in [1.807, 2.05) is 0 Å². The van der Waals surface area contributed by atoms with E-state index in [-0.39, 0.29) is 5.75 Å². The second kappa shape index (κ2) is 7.51. The summed E-state index contributed by atoms with van der Waals surface area (Å²) in [5.74, 6) is 0.148. The second-order valence-corrected chi connectivity index (χ2v) is 8.13. The quantitative estimate of drug-likeness (QED) is 0.739. The fourth-order valence-corrected chi connectivity index (χ4v) is 5.18. The molecule has 0 radical (unpaired) electrons. The number of nitrogens with zero attached hydrogens (tertiary/aromatic N) is 1. The molecular formula is C18H25NO4S. The summed E-state index contributed by atoms with van der Waals surface area (Å²) in [6.45, 7) is 9.97. The van der Waals surface area contributed by atoms with Gasteiger partial charge in [0.1, 0.15) is 11.0 Å². The standard InChI is InChI=1S/C18H25NO4S/c1-4-7-13-11-15(12-14(8-5-2)17(13)20)18(21)16-9-10-19(6-3)24(16,22)23/h4-5,11-12,16,18,20-21H,1-2,6-10H2,3H3. The summed E-state index contributed by atoms with van der Waals surface area (Å²) < 4.78 is 26.4. The molecule has 1 fully saturated rings. The van der Waals surface area contributed by atoms with E-state index < -0.39 is 21.4 Å². The van der Waals surface area contributed by atoms with E-state index >= 15 is 0 Å². The average Bonchev–Trinajstić information content (AvgIpc) is 2.84. The molecule has 1 saturated heterocycles. The normalized spacial score (nSPS) is 21.5. The van der Waals surface area contributed by atoms with Gasteiger partial charge in [-0.25, -0.2) is 12.7 Å². The summed E-state index contributed by atoms with van der Waals surface area (Å²) in [7, 11) is -3.51. The highest BCUT2D eigenvalue weighted by atomic mass is 32.2. The summed E-state index contributed by atoms with van der Waals surface area (Å²) in [6.07, 6.45) is 3.47. The SMILES string of the molecule is C=CCc1cc(C(O)C2CCN(CC)S2(=O)=O)cc(CC=C)c1O. The lowest BCUT2D eigenvalue weighted by Crippen LogP contribution is -2.32. The Hall–Kier alpha value is -1.63. The van der Waals surface area contributed by atoms with Crippen molar-refractivity contribution in [2.24, 2.45) is 0 Å². The molecule has 1 heterocycles. The first-order valence-corrected chi connectivity index (χ1v) is 9.60. The Morgan fingerprint density at radius 3 is 2.25 bits per heavy atom. The smallest absolute Gasteiger partial charge is 0.219 e. The molecule has 0 bridgehead atoms. The van der Waals surface area contributed by atoms with Gasteiger partial charge in [0.05, 0.1) is 6.10 Å². The van der Waals surface area contributed by atoms with E-state index in [4.69, 9.17) is 0 Å². The Bertz CT molecular complexity index is 696. The molecular weight excluding hydrogens is 326 g/mol. The van der Waals surface area contributed by atoms with Gasteiger partial charge in [-0.15, -0.1) is 13.2 Å². The lowest BCUT2D eigenvalue weighted by atomic mass is 9.95. The van der Waals surface area contributed by atoms with Crippen LogP contribution >= 0.6 is 0 Å². The predicted molar refractivity (Wildman–Crippen MR) is 95.4 cm³/mol. The van der Waals surface area contributed by atoms with Crippen LogP contribution in [-0.4, -0.2) is 41.3 Å². The van der Waals surface area contributed by atoms with Crippen molar-refractivity contribution in [2.75, 3.05) is 13.1 Å². The summed E-state index contributed by atoms with van der Waals surface area (Å²) >= 11 is 0. The van der Waals surface area contributed by atoms with E-state index in [2.05, 4.69) is 13.2 Å². The van der Waals surface area contributed by atoms with Crippen molar-refractivity contribution in [3.05, 3.63) is 54.1 Å². The molecule has 6 heteroatoms. The summed E-state index contributed by atoms with van der Waals surface area (Å²) in [5, 5.41) is 20.2. The minimum Gasteiger partial charge on any atom is -0.507 e. The van der Waals surface area contributed by atoms with E-state index in [0.717, 1.165) is 0 Å². The predicted octanol–water partition coefficient (Wildman–Crippen LogP) is 2.31. The van der Waals surface area contributed by atoms with Gasteiger partial charge >= 0.3 is 0 Å². The van der Waals surface area contributed by atoms with Gasteiger partial charge in [-0.05, 0) is 48.1 Å². The number of hydrogen-bond donors (Lipinski definition) is 2. The molecule has 1 aliphatic rings. The average molecular weight is 351 g/mol. The molecule has 1 aromatic rings. The third-order valence-corrected chi connectivity index (χ3v) is 6.89. The van der Waals surface area contributed by atoms with Crippen molar-refractivity contribution in [1.29, 1.82) is 0 Å². The van der Waals surface area contributed by atoms with E-state index in [1.165, 1.54) is 4.31 Å². The van der Waals surface area contributed by atoms with E-state index in [1.54, 1.807) is 31.2 Å². The molecule has 132 valence electrons. The molecule has 2 N–H and O–H groups in total. The lowest BCUT2D eigenvalue weighted by molar-refractivity contribution is 0.171. The molecule has 24 heavy (non-hydrogen) atoms. The summed E-state index contributed by atoms with van der Waals surface area (Å²) in [5.41, 5.74) is 1.76. The molecule has 1 aromatic carbocycles. The number of benzene rings is 1. The molecule has 0 saturated carbocycles. The Labute approximate surface area is 144 Å². The number of aliphatic hydroxyl groups excluding tert-OH is 1. The van der Waals surface area contributed by atoms with Crippen LogP contribution in [0.1, 0.15) is 36.1 Å². The van der Waals surface area contributed by atoms with Gasteiger partial charge in [-0.1, -0.05) is 19.1 Å². The van der Waals surface area contributed by atoms with Gasteiger partial charge in [0.25, 0.3) is 0 Å². The molecule has 0 spiro atoms. The Morgan fingerprint density at radius 2 is 1.83 bits per heavy atom. The van der Waals surface area contributed by atoms with Gasteiger partial charge in [-0.3, -0.25) is 0 Å². The zero-order valence-electron chi connectivity index (χ0n) is 14.0. The maximum atomic E-state index is 12.5. The number of phenolic OH excluding ortho intramolecular Hbond substituents is 1. The number of aromatic hydroxyl groups is 1. The maximum Gasteiger partial charge on any atom is 0.219 e. The summed E-state index contributed by atoms with van der Waals surface area (Å²) in [4.78, 5) is 0. The first-order chi connectivity index (χ1) is 11.4. The van der Waals surface area contributed by atoms with Crippen LogP contribution < -0.4 is 0 Å². The van der Waals surface area contributed by atoms with Crippen molar-refractivity contribution >= 4 is 10.0 Å². The van der Waals surface area contributed by atoms with Crippen LogP contribution in [0.25, 0.3) is 0 Å². The number of hydrogen-bond acceptors (Lipinski definition) is 4. The van der Waals surface area contributed by atoms with Crippen molar-refractivity contribution in [1.82, 2.24) is 4.31 Å². The monoisotopic (exact) mass is 351 g/mol. The van der Waals surface area contributed by atoms with Crippen LogP contribution in [0.4, 0.5) is 0 Å². The fourth-order valence-electron chi connectivity index (χ4n) is 3.19. The topological polar surface area (TPSA) is 77.8 Å². The first kappa shape index (κ1) is 18.7. The minimum absolute atomic E-state index is 0.148. The lowest BCUT2D eigenvalue weighted by Gasteiger charge is -2.21. The first-order valence-electron chi connectivity index (χ1n) is 8.10. The highest BCUT2D eigenvalue weighted by molar-refractivity contribution is 7.90. The second-order valence-electron chi connectivity index (χ2n) is 5.98. The van der Waals surface area contributed by atoms with Gasteiger partial charge < -0.3 is 10.2 Å².